The molecule has 4 aromatic rings. The molecular weight excluding hydrogens is 555 g/mol. The van der Waals surface area contributed by atoms with Gasteiger partial charge in [0.2, 0.25) is 5.88 Å². The van der Waals surface area contributed by atoms with Crippen molar-refractivity contribution >= 4 is 66.0 Å². The molecule has 0 saturated heterocycles. The maximum atomic E-state index is 13.0. The first-order chi connectivity index (χ1) is 16.5. The molecule has 0 unspecified atom stereocenters. The predicted molar refractivity (Wildman–Crippen MR) is 136 cm³/mol. The van der Waals surface area contributed by atoms with Crippen molar-refractivity contribution in [3.8, 4) is 11.6 Å². The van der Waals surface area contributed by atoms with E-state index in [0.29, 0.717) is 11.4 Å². The standard InChI is InChI=1S/C21H16Cl2N4O5S3/c1-13-11-24-12-20(25-13)32-14-4-6-15(7-5-14)34(28,29)26-18-9-16(22)17(23)10-19(18)27-35(30,31)21-3-2-8-33-21/h2-12,26-27H,1H3. The van der Waals surface area contributed by atoms with Gasteiger partial charge < -0.3 is 4.74 Å². The van der Waals surface area contributed by atoms with E-state index in [0.717, 1.165) is 11.3 Å². The van der Waals surface area contributed by atoms with Gasteiger partial charge in [-0.25, -0.2) is 21.8 Å². The lowest BCUT2D eigenvalue weighted by Crippen LogP contribution is -2.17. The molecule has 0 aliphatic heterocycles. The fourth-order valence-corrected chi connectivity index (χ4v) is 6.29. The molecule has 0 spiro atoms. The zero-order valence-corrected chi connectivity index (χ0v) is 21.7. The van der Waals surface area contributed by atoms with E-state index >= 15 is 0 Å². The highest BCUT2D eigenvalue weighted by Gasteiger charge is 2.22. The Kier molecular flexibility index (Phi) is 7.20. The monoisotopic (exact) mass is 570 g/mol. The van der Waals surface area contributed by atoms with Crippen LogP contribution in [0.1, 0.15) is 5.69 Å². The van der Waals surface area contributed by atoms with Gasteiger partial charge in [0.15, 0.2) is 0 Å². The average molecular weight is 571 g/mol. The molecule has 0 bridgehead atoms. The number of aromatic nitrogens is 2. The van der Waals surface area contributed by atoms with Crippen LogP contribution in [0.3, 0.4) is 0 Å². The van der Waals surface area contributed by atoms with Crippen molar-refractivity contribution in [3.63, 3.8) is 0 Å². The number of rotatable bonds is 8. The summed E-state index contributed by atoms with van der Waals surface area (Å²) in [5, 5.41) is 1.68. The van der Waals surface area contributed by atoms with Gasteiger partial charge in [0.1, 0.15) is 9.96 Å². The number of nitrogens with zero attached hydrogens (tertiary/aromatic N) is 2. The lowest BCUT2D eigenvalue weighted by molar-refractivity contribution is 0.458. The summed E-state index contributed by atoms with van der Waals surface area (Å²) in [4.78, 5) is 8.06. The first kappa shape index (κ1) is 25.2. The molecule has 4 rings (SSSR count). The minimum Gasteiger partial charge on any atom is -0.437 e. The molecular formula is C21H16Cl2N4O5S3. The molecule has 182 valence electrons. The number of hydrogen-bond donors (Lipinski definition) is 2. The molecule has 14 heteroatoms. The minimum absolute atomic E-state index is 0.0338. The van der Waals surface area contributed by atoms with Crippen LogP contribution in [0.5, 0.6) is 11.6 Å². The van der Waals surface area contributed by atoms with Gasteiger partial charge in [-0.2, -0.15) is 0 Å². The zero-order chi connectivity index (χ0) is 25.2. The summed E-state index contributed by atoms with van der Waals surface area (Å²) in [6.45, 7) is 1.76. The number of ether oxygens (including phenoxy) is 1. The number of nitrogens with one attached hydrogen (secondary N) is 2. The van der Waals surface area contributed by atoms with E-state index in [4.69, 9.17) is 27.9 Å². The largest absolute Gasteiger partial charge is 0.437 e. The van der Waals surface area contributed by atoms with Crippen LogP contribution < -0.4 is 14.2 Å². The number of benzene rings is 2. The van der Waals surface area contributed by atoms with Gasteiger partial charge in [0.25, 0.3) is 20.0 Å². The molecule has 0 atom stereocenters. The third-order valence-corrected chi connectivity index (χ3v) is 9.26. The van der Waals surface area contributed by atoms with Crippen LogP contribution in [0, 0.1) is 6.92 Å². The van der Waals surface area contributed by atoms with Crippen molar-refractivity contribution in [1.29, 1.82) is 0 Å². The summed E-state index contributed by atoms with van der Waals surface area (Å²) in [6.07, 6.45) is 3.01. The van der Waals surface area contributed by atoms with E-state index in [-0.39, 0.29) is 36.4 Å². The Morgan fingerprint density at radius 2 is 1.51 bits per heavy atom. The van der Waals surface area contributed by atoms with Crippen molar-refractivity contribution in [1.82, 2.24) is 9.97 Å². The van der Waals surface area contributed by atoms with E-state index in [1.807, 2.05) is 0 Å². The summed E-state index contributed by atoms with van der Waals surface area (Å²) in [5.41, 5.74) is 0.474. The van der Waals surface area contributed by atoms with Crippen LogP contribution >= 0.6 is 34.5 Å². The second kappa shape index (κ2) is 9.99. The maximum absolute atomic E-state index is 13.0. The summed E-state index contributed by atoms with van der Waals surface area (Å²) in [6, 6.07) is 11.0. The van der Waals surface area contributed by atoms with E-state index in [1.54, 1.807) is 24.6 Å². The second-order valence-corrected chi connectivity index (χ2v) is 12.4. The molecule has 0 fully saturated rings. The van der Waals surface area contributed by atoms with Crippen LogP contribution in [0.4, 0.5) is 11.4 Å². The smallest absolute Gasteiger partial charge is 0.271 e. The van der Waals surface area contributed by atoms with Crippen molar-refractivity contribution in [2.75, 3.05) is 9.44 Å². The first-order valence-corrected chi connectivity index (χ1v) is 14.3. The summed E-state index contributed by atoms with van der Waals surface area (Å²) < 4.78 is 61.8. The van der Waals surface area contributed by atoms with Gasteiger partial charge >= 0.3 is 0 Å². The van der Waals surface area contributed by atoms with Crippen molar-refractivity contribution in [3.05, 3.63) is 82.0 Å². The molecule has 0 aliphatic rings. The highest BCUT2D eigenvalue weighted by molar-refractivity contribution is 7.94. The lowest BCUT2D eigenvalue weighted by Gasteiger charge is -2.15. The lowest BCUT2D eigenvalue weighted by atomic mass is 10.3. The van der Waals surface area contributed by atoms with Crippen molar-refractivity contribution < 1.29 is 21.6 Å². The molecule has 9 nitrogen and oxygen atoms in total. The topological polar surface area (TPSA) is 127 Å². The third-order valence-electron chi connectivity index (χ3n) is 4.40. The normalized spacial score (nSPS) is 11.7. The fourth-order valence-electron chi connectivity index (χ4n) is 2.83. The fraction of sp³-hybridized carbons (Fsp3) is 0.0476. The van der Waals surface area contributed by atoms with Crippen LogP contribution in [-0.4, -0.2) is 26.8 Å². The van der Waals surface area contributed by atoms with Crippen LogP contribution in [0.25, 0.3) is 0 Å². The Morgan fingerprint density at radius 1 is 0.886 bits per heavy atom. The minimum atomic E-state index is -4.14. The molecule has 0 radical (unpaired) electrons. The Hall–Kier alpha value is -2.90. The van der Waals surface area contributed by atoms with E-state index in [9.17, 15) is 16.8 Å². The van der Waals surface area contributed by atoms with Gasteiger partial charge in [0, 0.05) is 6.20 Å². The second-order valence-electron chi connectivity index (χ2n) is 7.03. The number of aryl methyl sites for hydroxylation is 1. The number of halogens is 2. The van der Waals surface area contributed by atoms with E-state index in [1.165, 1.54) is 48.7 Å². The summed E-state index contributed by atoms with van der Waals surface area (Å²) in [5.74, 6) is 0.611. The van der Waals surface area contributed by atoms with Gasteiger partial charge in [0.05, 0.1) is 38.2 Å². The molecule has 2 aromatic carbocycles. The molecule has 2 aromatic heterocycles. The Labute approximate surface area is 215 Å². The maximum Gasteiger partial charge on any atom is 0.271 e. The van der Waals surface area contributed by atoms with E-state index in [2.05, 4.69) is 19.4 Å². The highest BCUT2D eigenvalue weighted by atomic mass is 35.5. The third kappa shape index (κ3) is 6.03. The highest BCUT2D eigenvalue weighted by Crippen LogP contribution is 2.35. The first-order valence-electron chi connectivity index (χ1n) is 9.68. The van der Waals surface area contributed by atoms with Gasteiger partial charge in [-0.15, -0.1) is 11.3 Å². The summed E-state index contributed by atoms with van der Waals surface area (Å²) in [7, 11) is -8.12. The summed E-state index contributed by atoms with van der Waals surface area (Å²) >= 11 is 13.1. The molecule has 0 aliphatic carbocycles. The molecule has 0 saturated carbocycles. The number of anilines is 2. The van der Waals surface area contributed by atoms with Gasteiger partial charge in [-0.3, -0.25) is 14.4 Å². The molecule has 35 heavy (non-hydrogen) atoms. The van der Waals surface area contributed by atoms with E-state index < -0.39 is 20.0 Å². The quantitative estimate of drug-likeness (QED) is 0.284. The van der Waals surface area contributed by atoms with Crippen LogP contribution in [-0.2, 0) is 20.0 Å². The molecule has 2 N–H and O–H groups in total. The van der Waals surface area contributed by atoms with Crippen molar-refractivity contribution in [2.45, 2.75) is 16.0 Å². The Morgan fingerprint density at radius 3 is 2.09 bits per heavy atom. The van der Waals surface area contributed by atoms with Crippen LogP contribution in [0.15, 0.2) is 75.4 Å². The van der Waals surface area contributed by atoms with Crippen LogP contribution in [0.2, 0.25) is 10.0 Å². The predicted octanol–water partition coefficient (Wildman–Crippen LogP) is 5.55. The average Bonchev–Trinajstić information content (AvgIpc) is 3.33. The van der Waals surface area contributed by atoms with Crippen molar-refractivity contribution in [2.24, 2.45) is 0 Å². The molecule has 2 heterocycles. The zero-order valence-electron chi connectivity index (χ0n) is 17.8. The number of sulfonamides is 2. The number of hydrogen-bond acceptors (Lipinski definition) is 8. The molecule has 0 amide bonds. The van der Waals surface area contributed by atoms with Gasteiger partial charge in [-0.1, -0.05) is 29.3 Å². The number of thiophene rings is 1. The van der Waals surface area contributed by atoms with Gasteiger partial charge in [-0.05, 0) is 54.8 Å². The Balaban J connectivity index is 1.60. The SMILES string of the molecule is Cc1cncc(Oc2ccc(S(=O)(=O)Nc3cc(Cl)c(Cl)cc3NS(=O)(=O)c3cccs3)cc2)n1. The Bertz CT molecular complexity index is 1580.